The van der Waals surface area contributed by atoms with E-state index in [0.29, 0.717) is 17.9 Å². The molecule has 2 N–H and O–H groups in total. The van der Waals surface area contributed by atoms with E-state index >= 15 is 0 Å². The van der Waals surface area contributed by atoms with Crippen molar-refractivity contribution in [1.82, 2.24) is 9.55 Å². The van der Waals surface area contributed by atoms with Crippen LogP contribution in [0.25, 0.3) is 21.9 Å². The van der Waals surface area contributed by atoms with Crippen LogP contribution >= 0.6 is 0 Å². The number of rotatable bonds is 2. The van der Waals surface area contributed by atoms with Gasteiger partial charge in [0.05, 0.1) is 12.1 Å². The summed E-state index contributed by atoms with van der Waals surface area (Å²) in [5.41, 5.74) is 10.1. The minimum absolute atomic E-state index is 0.136. The number of hydrogen-bond donors (Lipinski definition) is 1. The SMILES string of the molecule is Cc1ccc2cc3c(N)cc(=O)n(Cc4ccccc4)c3nc2c1. The Balaban J connectivity index is 2.02. The van der Waals surface area contributed by atoms with Crippen LogP contribution in [0.1, 0.15) is 11.1 Å². The number of nitrogens with two attached hydrogens (primary N) is 1. The van der Waals surface area contributed by atoms with Crippen LogP contribution in [0.3, 0.4) is 0 Å². The van der Waals surface area contributed by atoms with Crippen LogP contribution in [0, 0.1) is 6.92 Å². The van der Waals surface area contributed by atoms with Gasteiger partial charge in [0, 0.05) is 22.5 Å². The summed E-state index contributed by atoms with van der Waals surface area (Å²) >= 11 is 0. The lowest BCUT2D eigenvalue weighted by Gasteiger charge is -2.12. The standard InChI is InChI=1S/C20H17N3O/c1-13-7-8-15-10-16-17(21)11-19(24)23(20(16)22-18(15)9-13)12-14-5-3-2-4-6-14/h2-11H,12,21H2,1H3. The average Bonchev–Trinajstić information content (AvgIpc) is 2.58. The maximum absolute atomic E-state index is 12.5. The van der Waals surface area contributed by atoms with Crippen molar-refractivity contribution in [1.29, 1.82) is 0 Å². The van der Waals surface area contributed by atoms with Crippen molar-refractivity contribution in [2.24, 2.45) is 0 Å². The molecule has 4 heteroatoms. The van der Waals surface area contributed by atoms with Crippen LogP contribution < -0.4 is 11.3 Å². The maximum Gasteiger partial charge on any atom is 0.254 e. The van der Waals surface area contributed by atoms with Gasteiger partial charge in [-0.1, -0.05) is 42.5 Å². The van der Waals surface area contributed by atoms with Crippen LogP contribution in [0.2, 0.25) is 0 Å². The summed E-state index contributed by atoms with van der Waals surface area (Å²) in [6.45, 7) is 2.50. The smallest absolute Gasteiger partial charge is 0.254 e. The Morgan fingerprint density at radius 2 is 1.83 bits per heavy atom. The Morgan fingerprint density at radius 3 is 2.62 bits per heavy atom. The highest BCUT2D eigenvalue weighted by molar-refractivity contribution is 5.97. The van der Waals surface area contributed by atoms with Crippen LogP contribution in [0.5, 0.6) is 0 Å². The molecule has 0 aliphatic carbocycles. The van der Waals surface area contributed by atoms with Gasteiger partial charge >= 0.3 is 0 Å². The summed E-state index contributed by atoms with van der Waals surface area (Å²) in [6, 6.07) is 19.5. The van der Waals surface area contributed by atoms with E-state index in [9.17, 15) is 4.79 Å². The lowest BCUT2D eigenvalue weighted by Crippen LogP contribution is -2.22. The van der Waals surface area contributed by atoms with Gasteiger partial charge < -0.3 is 5.73 Å². The number of nitrogen functional groups attached to an aromatic ring is 1. The van der Waals surface area contributed by atoms with Crippen molar-refractivity contribution >= 4 is 27.6 Å². The van der Waals surface area contributed by atoms with Crippen molar-refractivity contribution in [3.63, 3.8) is 0 Å². The number of hydrogen-bond acceptors (Lipinski definition) is 3. The van der Waals surface area contributed by atoms with Gasteiger partial charge in [-0.25, -0.2) is 4.98 Å². The van der Waals surface area contributed by atoms with E-state index in [2.05, 4.69) is 0 Å². The third-order valence-corrected chi connectivity index (χ3v) is 4.25. The molecule has 2 aromatic heterocycles. The third kappa shape index (κ3) is 2.42. The second-order valence-electron chi connectivity index (χ2n) is 6.07. The lowest BCUT2D eigenvalue weighted by molar-refractivity contribution is 0.786. The molecular formula is C20H17N3O. The monoisotopic (exact) mass is 315 g/mol. The largest absolute Gasteiger partial charge is 0.398 e. The first kappa shape index (κ1) is 14.5. The van der Waals surface area contributed by atoms with Gasteiger partial charge in [0.15, 0.2) is 0 Å². The van der Waals surface area contributed by atoms with Crippen LogP contribution in [-0.2, 0) is 6.54 Å². The van der Waals surface area contributed by atoms with E-state index < -0.39 is 0 Å². The van der Waals surface area contributed by atoms with E-state index in [1.165, 1.54) is 6.07 Å². The van der Waals surface area contributed by atoms with E-state index in [1.54, 1.807) is 4.57 Å². The molecule has 0 saturated carbocycles. The maximum atomic E-state index is 12.5. The Kier molecular flexibility index (Phi) is 3.31. The number of aromatic nitrogens is 2. The molecule has 24 heavy (non-hydrogen) atoms. The Labute approximate surface area is 139 Å². The second kappa shape index (κ2) is 5.49. The molecule has 0 saturated heterocycles. The summed E-state index contributed by atoms with van der Waals surface area (Å²) < 4.78 is 1.68. The fourth-order valence-electron chi connectivity index (χ4n) is 3.00. The first-order valence-electron chi connectivity index (χ1n) is 7.86. The number of benzene rings is 2. The first-order chi connectivity index (χ1) is 11.6. The zero-order valence-electron chi connectivity index (χ0n) is 13.4. The van der Waals surface area contributed by atoms with Crippen molar-refractivity contribution in [2.75, 3.05) is 5.73 Å². The van der Waals surface area contributed by atoms with Crippen molar-refractivity contribution in [3.05, 3.63) is 82.1 Å². The fourth-order valence-corrected chi connectivity index (χ4v) is 3.00. The number of pyridine rings is 2. The molecule has 4 nitrogen and oxygen atoms in total. The Hall–Kier alpha value is -3.14. The summed E-state index contributed by atoms with van der Waals surface area (Å²) in [4.78, 5) is 17.2. The van der Waals surface area contributed by atoms with E-state index in [0.717, 1.165) is 27.4 Å². The summed E-state index contributed by atoms with van der Waals surface area (Å²) in [7, 11) is 0. The Morgan fingerprint density at radius 1 is 1.04 bits per heavy atom. The molecule has 4 rings (SSSR count). The van der Waals surface area contributed by atoms with Gasteiger partial charge in [-0.2, -0.15) is 0 Å². The zero-order chi connectivity index (χ0) is 16.7. The molecular weight excluding hydrogens is 298 g/mol. The highest BCUT2D eigenvalue weighted by Crippen LogP contribution is 2.24. The predicted molar refractivity (Wildman–Crippen MR) is 98.2 cm³/mol. The third-order valence-electron chi connectivity index (χ3n) is 4.25. The normalized spacial score (nSPS) is 11.2. The molecule has 0 spiro atoms. The minimum atomic E-state index is -0.136. The molecule has 0 bridgehead atoms. The topological polar surface area (TPSA) is 60.9 Å². The van der Waals surface area contributed by atoms with E-state index in [-0.39, 0.29) is 5.56 Å². The highest BCUT2D eigenvalue weighted by Gasteiger charge is 2.10. The molecule has 0 radical (unpaired) electrons. The predicted octanol–water partition coefficient (Wildman–Crippen LogP) is 3.49. The molecule has 0 fully saturated rings. The first-order valence-corrected chi connectivity index (χ1v) is 7.86. The molecule has 118 valence electrons. The molecule has 0 unspecified atom stereocenters. The fraction of sp³-hybridized carbons (Fsp3) is 0.100. The zero-order valence-corrected chi connectivity index (χ0v) is 13.4. The molecule has 2 heterocycles. The number of fused-ring (bicyclic) bond motifs is 2. The number of nitrogens with zero attached hydrogens (tertiary/aromatic N) is 2. The van der Waals surface area contributed by atoms with Crippen LogP contribution in [0.4, 0.5) is 5.69 Å². The van der Waals surface area contributed by atoms with Crippen molar-refractivity contribution in [2.45, 2.75) is 13.5 Å². The molecule has 0 aliphatic rings. The van der Waals surface area contributed by atoms with Crippen molar-refractivity contribution < 1.29 is 0 Å². The van der Waals surface area contributed by atoms with E-state index in [1.807, 2.05) is 61.5 Å². The second-order valence-corrected chi connectivity index (χ2v) is 6.07. The van der Waals surface area contributed by atoms with Gasteiger partial charge in [0.1, 0.15) is 5.65 Å². The van der Waals surface area contributed by atoms with Gasteiger partial charge in [0.25, 0.3) is 5.56 Å². The average molecular weight is 315 g/mol. The molecule has 0 aliphatic heterocycles. The summed E-state index contributed by atoms with van der Waals surface area (Å²) in [5, 5.41) is 1.83. The quantitative estimate of drug-likeness (QED) is 0.576. The van der Waals surface area contributed by atoms with Crippen LogP contribution in [0.15, 0.2) is 65.5 Å². The van der Waals surface area contributed by atoms with Gasteiger partial charge in [0.2, 0.25) is 0 Å². The number of anilines is 1. The summed E-state index contributed by atoms with van der Waals surface area (Å²) in [5.74, 6) is 0. The summed E-state index contributed by atoms with van der Waals surface area (Å²) in [6.07, 6.45) is 0. The molecule has 2 aromatic carbocycles. The molecule has 0 atom stereocenters. The molecule has 4 aromatic rings. The Bertz CT molecular complexity index is 1110. The number of aryl methyl sites for hydroxylation is 1. The highest BCUT2D eigenvalue weighted by atomic mass is 16.1. The minimum Gasteiger partial charge on any atom is -0.398 e. The lowest BCUT2D eigenvalue weighted by atomic mass is 10.1. The van der Waals surface area contributed by atoms with Gasteiger partial charge in [-0.3, -0.25) is 9.36 Å². The van der Waals surface area contributed by atoms with Gasteiger partial charge in [-0.05, 0) is 30.2 Å². The van der Waals surface area contributed by atoms with Gasteiger partial charge in [-0.15, -0.1) is 0 Å². The van der Waals surface area contributed by atoms with Crippen molar-refractivity contribution in [3.8, 4) is 0 Å². The van der Waals surface area contributed by atoms with Crippen LogP contribution in [-0.4, -0.2) is 9.55 Å². The van der Waals surface area contributed by atoms with E-state index in [4.69, 9.17) is 10.7 Å². The molecule has 0 amide bonds.